The Morgan fingerprint density at radius 1 is 1.40 bits per heavy atom. The van der Waals surface area contributed by atoms with Crippen LogP contribution in [0.2, 0.25) is 0 Å². The van der Waals surface area contributed by atoms with E-state index >= 15 is 0 Å². The molecule has 3 aromatic heterocycles. The lowest BCUT2D eigenvalue weighted by atomic mass is 10.2. The second kappa shape index (κ2) is 6.08. The molecule has 1 fully saturated rings. The van der Waals surface area contributed by atoms with Crippen molar-refractivity contribution in [2.24, 2.45) is 0 Å². The fourth-order valence-electron chi connectivity index (χ4n) is 3.05. The van der Waals surface area contributed by atoms with Crippen LogP contribution in [0.5, 0.6) is 0 Å². The summed E-state index contributed by atoms with van der Waals surface area (Å²) >= 11 is 1.62. The Kier molecular flexibility index (Phi) is 3.89. The molecule has 25 heavy (non-hydrogen) atoms. The zero-order chi connectivity index (χ0) is 17.6. The number of thiophene rings is 1. The second-order valence-corrected chi connectivity index (χ2v) is 7.30. The van der Waals surface area contributed by atoms with Gasteiger partial charge in [-0.2, -0.15) is 0 Å². The summed E-state index contributed by atoms with van der Waals surface area (Å²) in [5.41, 5.74) is 1.37. The first-order valence-corrected chi connectivity index (χ1v) is 8.71. The number of nitrogens with one attached hydrogen (secondary N) is 1. The van der Waals surface area contributed by atoms with Crippen LogP contribution in [-0.4, -0.2) is 56.3 Å². The lowest BCUT2D eigenvalue weighted by molar-refractivity contribution is 0.0754. The number of hydrogen-bond donors (Lipinski definition) is 2. The number of hydrogen-bond acceptors (Lipinski definition) is 8. The van der Waals surface area contributed by atoms with Crippen LogP contribution in [0.4, 0.5) is 5.82 Å². The molecule has 0 radical (unpaired) electrons. The highest BCUT2D eigenvalue weighted by molar-refractivity contribution is 7.18. The lowest BCUT2D eigenvalue weighted by Gasteiger charge is -2.17. The SMILES string of the molecule is Cc1sc2ncnc(N[C@@H]3CN(C(=O)c4ccon4)C[C@@H]3O)c2c1C. The summed E-state index contributed by atoms with van der Waals surface area (Å²) in [6.07, 6.45) is 2.18. The molecule has 0 spiro atoms. The number of rotatable bonds is 3. The molecule has 130 valence electrons. The molecule has 0 bridgehead atoms. The maximum absolute atomic E-state index is 12.4. The minimum absolute atomic E-state index is 0.235. The van der Waals surface area contributed by atoms with Crippen LogP contribution in [-0.2, 0) is 0 Å². The summed E-state index contributed by atoms with van der Waals surface area (Å²) in [6.45, 7) is 4.68. The first kappa shape index (κ1) is 16.0. The number of carbonyl (C=O) groups excluding carboxylic acids is 1. The highest BCUT2D eigenvalue weighted by Crippen LogP contribution is 2.33. The number of aromatic nitrogens is 3. The van der Waals surface area contributed by atoms with Crippen molar-refractivity contribution in [1.29, 1.82) is 0 Å². The normalized spacial score (nSPS) is 20.4. The van der Waals surface area contributed by atoms with Gasteiger partial charge in [-0.15, -0.1) is 11.3 Å². The van der Waals surface area contributed by atoms with Crippen molar-refractivity contribution in [1.82, 2.24) is 20.0 Å². The number of likely N-dealkylation sites (tertiary alicyclic amines) is 1. The van der Waals surface area contributed by atoms with Crippen LogP contribution in [0.3, 0.4) is 0 Å². The van der Waals surface area contributed by atoms with Crippen molar-refractivity contribution >= 4 is 33.3 Å². The van der Waals surface area contributed by atoms with Gasteiger partial charge in [-0.05, 0) is 19.4 Å². The van der Waals surface area contributed by atoms with E-state index in [9.17, 15) is 9.90 Å². The summed E-state index contributed by atoms with van der Waals surface area (Å²) in [4.78, 5) is 24.7. The molecule has 1 saturated heterocycles. The van der Waals surface area contributed by atoms with E-state index in [0.717, 1.165) is 15.8 Å². The molecule has 1 aliphatic heterocycles. The Balaban J connectivity index is 1.57. The minimum atomic E-state index is -0.694. The van der Waals surface area contributed by atoms with Crippen LogP contribution in [0.1, 0.15) is 20.9 Å². The molecule has 2 atom stereocenters. The molecule has 0 unspecified atom stereocenters. The van der Waals surface area contributed by atoms with E-state index in [1.807, 2.05) is 13.8 Å². The molecule has 9 heteroatoms. The molecule has 1 amide bonds. The summed E-state index contributed by atoms with van der Waals surface area (Å²) in [6, 6.07) is 1.20. The molecule has 4 heterocycles. The summed E-state index contributed by atoms with van der Waals surface area (Å²) < 4.78 is 4.72. The smallest absolute Gasteiger partial charge is 0.276 e. The van der Waals surface area contributed by atoms with Crippen molar-refractivity contribution in [3.05, 3.63) is 34.8 Å². The van der Waals surface area contributed by atoms with E-state index < -0.39 is 6.10 Å². The Labute approximate surface area is 147 Å². The predicted octanol–water partition coefficient (Wildman–Crippen LogP) is 1.59. The molecule has 0 aliphatic carbocycles. The fourth-order valence-corrected chi connectivity index (χ4v) is 4.04. The highest BCUT2D eigenvalue weighted by atomic mass is 32.1. The van der Waals surface area contributed by atoms with Crippen LogP contribution in [0, 0.1) is 13.8 Å². The third-order valence-corrected chi connectivity index (χ3v) is 5.64. The minimum Gasteiger partial charge on any atom is -0.389 e. The monoisotopic (exact) mass is 359 g/mol. The quantitative estimate of drug-likeness (QED) is 0.732. The number of aryl methyl sites for hydroxylation is 2. The summed E-state index contributed by atoms with van der Waals surface area (Å²) in [5.74, 6) is 0.430. The number of fused-ring (bicyclic) bond motifs is 1. The number of anilines is 1. The van der Waals surface area contributed by atoms with Gasteiger partial charge >= 0.3 is 0 Å². The van der Waals surface area contributed by atoms with Gasteiger partial charge in [0, 0.05) is 24.0 Å². The topological polar surface area (TPSA) is 104 Å². The zero-order valence-electron chi connectivity index (χ0n) is 13.8. The van der Waals surface area contributed by atoms with Gasteiger partial charge in [0.25, 0.3) is 5.91 Å². The number of aliphatic hydroxyl groups excluding tert-OH is 1. The van der Waals surface area contributed by atoms with Crippen molar-refractivity contribution in [3.63, 3.8) is 0 Å². The van der Waals surface area contributed by atoms with Gasteiger partial charge in [-0.1, -0.05) is 5.16 Å². The third-order valence-electron chi connectivity index (χ3n) is 4.52. The third kappa shape index (κ3) is 2.75. The van der Waals surface area contributed by atoms with E-state index in [1.54, 1.807) is 16.2 Å². The van der Waals surface area contributed by atoms with E-state index in [-0.39, 0.29) is 24.2 Å². The molecule has 0 saturated carbocycles. The Morgan fingerprint density at radius 3 is 3.00 bits per heavy atom. The summed E-state index contributed by atoms with van der Waals surface area (Å²) in [5, 5.41) is 18.3. The van der Waals surface area contributed by atoms with Crippen molar-refractivity contribution in [3.8, 4) is 0 Å². The lowest BCUT2D eigenvalue weighted by Crippen LogP contribution is -2.33. The predicted molar refractivity (Wildman–Crippen MR) is 92.7 cm³/mol. The van der Waals surface area contributed by atoms with Gasteiger partial charge in [0.05, 0.1) is 17.5 Å². The molecular formula is C16H17N5O3S. The standard InChI is InChI=1S/C16H17N5O3S/c1-8-9(2)25-15-13(8)14(17-7-18-15)19-11-5-21(6-12(11)22)16(23)10-3-4-24-20-10/h3-4,7,11-12,22H,5-6H2,1-2H3,(H,17,18,19)/t11-,12+/m1/s1. The molecule has 2 N–H and O–H groups in total. The number of carbonyl (C=O) groups is 1. The molecule has 8 nitrogen and oxygen atoms in total. The second-order valence-electron chi connectivity index (χ2n) is 6.10. The molecular weight excluding hydrogens is 342 g/mol. The average Bonchev–Trinajstić information content (AvgIpc) is 3.30. The van der Waals surface area contributed by atoms with E-state index in [1.165, 1.54) is 23.5 Å². The van der Waals surface area contributed by atoms with Gasteiger partial charge in [0.1, 0.15) is 23.2 Å². The first-order chi connectivity index (χ1) is 12.0. The van der Waals surface area contributed by atoms with E-state index in [2.05, 4.69) is 20.4 Å². The number of nitrogens with zero attached hydrogens (tertiary/aromatic N) is 4. The fraction of sp³-hybridized carbons (Fsp3) is 0.375. The van der Waals surface area contributed by atoms with Crippen LogP contribution in [0.15, 0.2) is 23.2 Å². The number of β-amino-alcohol motifs (C(OH)–C–C–N with tert-alkyl or cyclic N) is 1. The van der Waals surface area contributed by atoms with Gasteiger partial charge in [-0.3, -0.25) is 4.79 Å². The van der Waals surface area contributed by atoms with Crippen LogP contribution < -0.4 is 5.32 Å². The van der Waals surface area contributed by atoms with Gasteiger partial charge in [0.2, 0.25) is 0 Å². The van der Waals surface area contributed by atoms with Crippen LogP contribution >= 0.6 is 11.3 Å². The maximum Gasteiger partial charge on any atom is 0.276 e. The van der Waals surface area contributed by atoms with Gasteiger partial charge in [0.15, 0.2) is 5.69 Å². The highest BCUT2D eigenvalue weighted by Gasteiger charge is 2.35. The van der Waals surface area contributed by atoms with Crippen molar-refractivity contribution in [2.45, 2.75) is 26.0 Å². The van der Waals surface area contributed by atoms with Crippen molar-refractivity contribution in [2.75, 3.05) is 18.4 Å². The number of aliphatic hydroxyl groups is 1. The maximum atomic E-state index is 12.4. The Hall–Kier alpha value is -2.52. The van der Waals surface area contributed by atoms with E-state index in [0.29, 0.717) is 12.4 Å². The van der Waals surface area contributed by atoms with Gasteiger partial charge < -0.3 is 19.8 Å². The average molecular weight is 359 g/mol. The summed E-state index contributed by atoms with van der Waals surface area (Å²) in [7, 11) is 0. The molecule has 1 aliphatic rings. The molecule has 4 rings (SSSR count). The Morgan fingerprint density at radius 2 is 2.24 bits per heavy atom. The van der Waals surface area contributed by atoms with E-state index in [4.69, 9.17) is 4.52 Å². The molecule has 0 aromatic carbocycles. The zero-order valence-corrected chi connectivity index (χ0v) is 14.6. The van der Waals surface area contributed by atoms with Crippen LogP contribution in [0.25, 0.3) is 10.2 Å². The number of amides is 1. The van der Waals surface area contributed by atoms with Gasteiger partial charge in [-0.25, -0.2) is 9.97 Å². The first-order valence-electron chi connectivity index (χ1n) is 7.89. The largest absolute Gasteiger partial charge is 0.389 e. The van der Waals surface area contributed by atoms with Crippen molar-refractivity contribution < 1.29 is 14.4 Å². The molecule has 3 aromatic rings. The Bertz CT molecular complexity index is 923.